The molecule has 0 radical (unpaired) electrons. The van der Waals surface area contributed by atoms with Gasteiger partial charge in [0.25, 0.3) is 0 Å². The topological polar surface area (TPSA) is 56.3 Å². The van der Waals surface area contributed by atoms with Crippen LogP contribution in [0.2, 0.25) is 0 Å². The van der Waals surface area contributed by atoms with Crippen molar-refractivity contribution in [3.05, 3.63) is 12.4 Å². The summed E-state index contributed by atoms with van der Waals surface area (Å²) in [5, 5.41) is 3.41. The molecule has 1 atom stereocenters. The summed E-state index contributed by atoms with van der Waals surface area (Å²) >= 11 is 0. The van der Waals surface area contributed by atoms with Crippen molar-refractivity contribution in [2.24, 2.45) is 5.92 Å². The quantitative estimate of drug-likeness (QED) is 0.833. The van der Waals surface area contributed by atoms with Gasteiger partial charge in [0.05, 0.1) is 25.6 Å². The van der Waals surface area contributed by atoms with Crippen molar-refractivity contribution < 1.29 is 9.47 Å². The summed E-state index contributed by atoms with van der Waals surface area (Å²) in [6.07, 6.45) is 6.85. The Morgan fingerprint density at radius 2 is 2.17 bits per heavy atom. The molecular weight excluding hydrogens is 230 g/mol. The molecule has 1 aromatic heterocycles. The van der Waals surface area contributed by atoms with Crippen LogP contribution in [0.1, 0.15) is 26.2 Å². The smallest absolute Gasteiger partial charge is 0.235 e. The molecule has 100 valence electrons. The first-order chi connectivity index (χ1) is 8.88. The molecule has 1 aromatic rings. The Hall–Kier alpha value is -1.36. The summed E-state index contributed by atoms with van der Waals surface area (Å²) < 4.78 is 10.9. The van der Waals surface area contributed by atoms with Crippen molar-refractivity contribution in [1.82, 2.24) is 15.3 Å². The van der Waals surface area contributed by atoms with Crippen LogP contribution >= 0.6 is 0 Å². The van der Waals surface area contributed by atoms with Gasteiger partial charge in [0.1, 0.15) is 0 Å². The highest BCUT2D eigenvalue weighted by Gasteiger charge is 2.12. The van der Waals surface area contributed by atoms with Crippen LogP contribution in [0.15, 0.2) is 12.4 Å². The van der Waals surface area contributed by atoms with Gasteiger partial charge in [-0.2, -0.15) is 4.98 Å². The summed E-state index contributed by atoms with van der Waals surface area (Å²) in [4.78, 5) is 8.27. The maximum absolute atomic E-state index is 5.61. The van der Waals surface area contributed by atoms with E-state index in [2.05, 4.69) is 15.3 Å². The van der Waals surface area contributed by atoms with Crippen LogP contribution in [0.5, 0.6) is 11.8 Å². The van der Waals surface area contributed by atoms with E-state index in [-0.39, 0.29) is 0 Å². The van der Waals surface area contributed by atoms with Crippen molar-refractivity contribution in [1.29, 1.82) is 0 Å². The van der Waals surface area contributed by atoms with E-state index in [0.29, 0.717) is 25.0 Å². The molecule has 5 nitrogen and oxygen atoms in total. The Kier molecular flexibility index (Phi) is 5.20. The zero-order valence-corrected chi connectivity index (χ0v) is 10.9. The molecule has 1 unspecified atom stereocenters. The molecule has 2 heterocycles. The Morgan fingerprint density at radius 1 is 1.33 bits per heavy atom. The number of ether oxygens (including phenoxy) is 2. The Morgan fingerprint density at radius 3 is 2.89 bits per heavy atom. The number of nitrogens with one attached hydrogen (secondary N) is 1. The summed E-state index contributed by atoms with van der Waals surface area (Å²) in [6, 6.07) is 0. The van der Waals surface area contributed by atoms with Crippen LogP contribution < -0.4 is 14.8 Å². The minimum absolute atomic E-state index is 0.523. The lowest BCUT2D eigenvalue weighted by Crippen LogP contribution is -2.30. The normalized spacial score (nSPS) is 19.5. The summed E-state index contributed by atoms with van der Waals surface area (Å²) in [5.74, 6) is 1.79. The van der Waals surface area contributed by atoms with E-state index >= 15 is 0 Å². The molecule has 0 aliphatic carbocycles. The molecule has 2 rings (SSSR count). The summed E-state index contributed by atoms with van der Waals surface area (Å²) in [5.41, 5.74) is 0. The zero-order chi connectivity index (χ0) is 12.6. The fraction of sp³-hybridized carbons (Fsp3) is 0.692. The fourth-order valence-corrected chi connectivity index (χ4v) is 2.12. The van der Waals surface area contributed by atoms with E-state index in [1.165, 1.54) is 12.8 Å². The van der Waals surface area contributed by atoms with Crippen LogP contribution in [0.4, 0.5) is 0 Å². The molecule has 1 aliphatic heterocycles. The maximum atomic E-state index is 5.61. The van der Waals surface area contributed by atoms with Crippen LogP contribution in [0.3, 0.4) is 0 Å². The van der Waals surface area contributed by atoms with E-state index in [1.54, 1.807) is 12.4 Å². The monoisotopic (exact) mass is 251 g/mol. The Bertz CT molecular complexity index is 354. The lowest BCUT2D eigenvalue weighted by molar-refractivity contribution is 0.241. The summed E-state index contributed by atoms with van der Waals surface area (Å²) in [7, 11) is 0. The molecule has 1 N–H and O–H groups in total. The molecule has 1 saturated heterocycles. The lowest BCUT2D eigenvalue weighted by Gasteiger charge is -2.22. The predicted octanol–water partition coefficient (Wildman–Crippen LogP) is 1.64. The second kappa shape index (κ2) is 7.16. The van der Waals surface area contributed by atoms with Crippen LogP contribution in [-0.2, 0) is 0 Å². The average molecular weight is 251 g/mol. The van der Waals surface area contributed by atoms with Gasteiger partial charge < -0.3 is 14.8 Å². The molecule has 0 saturated carbocycles. The number of aromatic nitrogens is 2. The number of nitrogens with zero attached hydrogens (tertiary/aromatic N) is 2. The number of hydrogen-bond donors (Lipinski definition) is 1. The summed E-state index contributed by atoms with van der Waals surface area (Å²) in [6.45, 7) is 5.46. The van der Waals surface area contributed by atoms with Crippen molar-refractivity contribution in [2.45, 2.75) is 26.2 Å². The second-order valence-corrected chi connectivity index (χ2v) is 4.48. The molecule has 5 heteroatoms. The van der Waals surface area contributed by atoms with Gasteiger partial charge in [-0.05, 0) is 45.2 Å². The molecular formula is C13H21N3O2. The highest BCUT2D eigenvalue weighted by molar-refractivity contribution is 5.12. The molecule has 18 heavy (non-hydrogen) atoms. The van der Waals surface area contributed by atoms with Gasteiger partial charge in [0, 0.05) is 0 Å². The van der Waals surface area contributed by atoms with Gasteiger partial charge in [0.15, 0.2) is 0 Å². The highest BCUT2D eigenvalue weighted by Crippen LogP contribution is 2.15. The van der Waals surface area contributed by atoms with Gasteiger partial charge in [-0.25, -0.2) is 0 Å². The van der Waals surface area contributed by atoms with E-state index in [4.69, 9.17) is 9.47 Å². The molecule has 0 aromatic carbocycles. The molecule has 0 spiro atoms. The van der Waals surface area contributed by atoms with E-state index in [0.717, 1.165) is 25.4 Å². The lowest BCUT2D eigenvalue weighted by atomic mass is 9.97. The Balaban J connectivity index is 1.73. The minimum atomic E-state index is 0.523. The van der Waals surface area contributed by atoms with Gasteiger partial charge in [-0.15, -0.1) is 0 Å². The van der Waals surface area contributed by atoms with E-state index < -0.39 is 0 Å². The van der Waals surface area contributed by atoms with Crippen LogP contribution in [-0.4, -0.2) is 36.3 Å². The van der Waals surface area contributed by atoms with Crippen LogP contribution in [0.25, 0.3) is 0 Å². The largest absolute Gasteiger partial charge is 0.477 e. The fourth-order valence-electron chi connectivity index (χ4n) is 2.12. The molecule has 1 aliphatic rings. The predicted molar refractivity (Wildman–Crippen MR) is 68.9 cm³/mol. The molecule has 0 bridgehead atoms. The SMILES string of the molecule is CCOc1cncc(OCCC2CCCNC2)n1. The van der Waals surface area contributed by atoms with Gasteiger partial charge in [-0.1, -0.05) is 0 Å². The van der Waals surface area contributed by atoms with Gasteiger partial charge in [-0.3, -0.25) is 4.98 Å². The van der Waals surface area contributed by atoms with Crippen molar-refractivity contribution in [3.63, 3.8) is 0 Å². The third kappa shape index (κ3) is 4.14. The maximum Gasteiger partial charge on any atom is 0.235 e. The Labute approximate surface area is 108 Å². The van der Waals surface area contributed by atoms with E-state index in [1.807, 2.05) is 6.92 Å². The minimum Gasteiger partial charge on any atom is -0.477 e. The number of piperidine rings is 1. The third-order valence-corrected chi connectivity index (χ3v) is 3.06. The first-order valence-electron chi connectivity index (χ1n) is 6.67. The first kappa shape index (κ1) is 13.1. The van der Waals surface area contributed by atoms with Gasteiger partial charge >= 0.3 is 0 Å². The van der Waals surface area contributed by atoms with Crippen LogP contribution in [0, 0.1) is 5.92 Å². The molecule has 0 amide bonds. The van der Waals surface area contributed by atoms with Crippen molar-refractivity contribution in [2.75, 3.05) is 26.3 Å². The first-order valence-corrected chi connectivity index (χ1v) is 6.67. The van der Waals surface area contributed by atoms with E-state index in [9.17, 15) is 0 Å². The van der Waals surface area contributed by atoms with Gasteiger partial charge in [0.2, 0.25) is 11.8 Å². The molecule has 1 fully saturated rings. The highest BCUT2D eigenvalue weighted by atomic mass is 16.5. The van der Waals surface area contributed by atoms with Crippen molar-refractivity contribution >= 4 is 0 Å². The number of hydrogen-bond acceptors (Lipinski definition) is 5. The third-order valence-electron chi connectivity index (χ3n) is 3.06. The second-order valence-electron chi connectivity index (χ2n) is 4.48. The van der Waals surface area contributed by atoms with Crippen molar-refractivity contribution in [3.8, 4) is 11.8 Å². The average Bonchev–Trinajstić information content (AvgIpc) is 2.41. The zero-order valence-electron chi connectivity index (χ0n) is 10.9. The number of rotatable bonds is 6. The standard InChI is InChI=1S/C13H21N3O2/c1-2-17-12-9-15-10-13(16-12)18-7-5-11-4-3-6-14-8-11/h9-11,14H,2-8H2,1H3.